The maximum absolute atomic E-state index is 12.2. The topological polar surface area (TPSA) is 91.2 Å². The Morgan fingerprint density at radius 1 is 1.14 bits per heavy atom. The SMILES string of the molecule is COc1ccc(CCNC(=O)CSc2nnnn2-c2ccc(Cl)cc2)cc1OC. The van der Waals surface area contributed by atoms with Crippen LogP contribution in [-0.2, 0) is 11.2 Å². The normalized spacial score (nSPS) is 10.6. The standard InChI is InChI=1S/C19H20ClN5O3S/c1-27-16-8-3-13(11-17(16)28-2)9-10-21-18(26)12-29-19-22-23-24-25(19)15-6-4-14(20)5-7-15/h3-8,11H,9-10,12H2,1-2H3,(H,21,26). The number of nitrogens with one attached hydrogen (secondary N) is 1. The Balaban J connectivity index is 1.49. The predicted octanol–water partition coefficient (Wildman–Crippen LogP) is 2.78. The van der Waals surface area contributed by atoms with Gasteiger partial charge in [-0.15, -0.1) is 5.10 Å². The summed E-state index contributed by atoms with van der Waals surface area (Å²) >= 11 is 7.17. The van der Waals surface area contributed by atoms with Crippen molar-refractivity contribution in [3.8, 4) is 17.2 Å². The lowest BCUT2D eigenvalue weighted by molar-refractivity contribution is -0.118. The van der Waals surface area contributed by atoms with Gasteiger partial charge in [-0.1, -0.05) is 29.4 Å². The number of benzene rings is 2. The van der Waals surface area contributed by atoms with Crippen LogP contribution in [0.4, 0.5) is 0 Å². The van der Waals surface area contributed by atoms with E-state index in [2.05, 4.69) is 20.8 Å². The number of carbonyl (C=O) groups excluding carboxylic acids is 1. The molecule has 0 bridgehead atoms. The fourth-order valence-electron chi connectivity index (χ4n) is 2.58. The van der Waals surface area contributed by atoms with Crippen LogP contribution in [0.3, 0.4) is 0 Å². The van der Waals surface area contributed by atoms with Crippen LogP contribution in [0.1, 0.15) is 5.56 Å². The highest BCUT2D eigenvalue weighted by Gasteiger charge is 2.12. The summed E-state index contributed by atoms with van der Waals surface area (Å²) in [6.07, 6.45) is 0.680. The van der Waals surface area contributed by atoms with E-state index < -0.39 is 0 Å². The van der Waals surface area contributed by atoms with Crippen molar-refractivity contribution in [2.45, 2.75) is 11.6 Å². The number of rotatable bonds is 9. The molecule has 0 saturated heterocycles. The van der Waals surface area contributed by atoms with Gasteiger partial charge in [0.15, 0.2) is 11.5 Å². The number of thioether (sulfide) groups is 1. The molecule has 0 aliphatic carbocycles. The first-order chi connectivity index (χ1) is 14.1. The van der Waals surface area contributed by atoms with Crippen LogP contribution in [0.2, 0.25) is 5.02 Å². The molecule has 0 atom stereocenters. The van der Waals surface area contributed by atoms with Crippen molar-refractivity contribution >= 4 is 29.3 Å². The van der Waals surface area contributed by atoms with Crippen LogP contribution in [0.15, 0.2) is 47.6 Å². The Labute approximate surface area is 177 Å². The molecule has 0 fully saturated rings. The maximum Gasteiger partial charge on any atom is 0.230 e. The second-order valence-corrected chi connectivity index (χ2v) is 7.31. The molecular formula is C19H20ClN5O3S. The van der Waals surface area contributed by atoms with Gasteiger partial charge in [0.25, 0.3) is 0 Å². The van der Waals surface area contributed by atoms with E-state index in [1.807, 2.05) is 30.3 Å². The van der Waals surface area contributed by atoms with Gasteiger partial charge in [0.1, 0.15) is 0 Å². The fraction of sp³-hybridized carbons (Fsp3) is 0.263. The number of nitrogens with zero attached hydrogens (tertiary/aromatic N) is 4. The van der Waals surface area contributed by atoms with E-state index in [0.29, 0.717) is 34.6 Å². The zero-order chi connectivity index (χ0) is 20.6. The lowest BCUT2D eigenvalue weighted by Crippen LogP contribution is -2.27. The Bertz CT molecular complexity index is 965. The van der Waals surface area contributed by atoms with Crippen LogP contribution >= 0.6 is 23.4 Å². The summed E-state index contributed by atoms with van der Waals surface area (Å²) < 4.78 is 12.1. The van der Waals surface area contributed by atoms with Gasteiger partial charge in [-0.25, -0.2) is 0 Å². The smallest absolute Gasteiger partial charge is 0.230 e. The zero-order valence-electron chi connectivity index (χ0n) is 16.0. The molecule has 1 heterocycles. The average molecular weight is 434 g/mol. The molecule has 1 aromatic heterocycles. The van der Waals surface area contributed by atoms with Gasteiger partial charge in [0.2, 0.25) is 11.1 Å². The Morgan fingerprint density at radius 3 is 2.62 bits per heavy atom. The summed E-state index contributed by atoms with van der Waals surface area (Å²) in [6.45, 7) is 0.511. The largest absolute Gasteiger partial charge is 0.493 e. The van der Waals surface area contributed by atoms with Crippen molar-refractivity contribution in [3.63, 3.8) is 0 Å². The molecule has 3 aromatic rings. The van der Waals surface area contributed by atoms with Gasteiger partial charge in [-0.2, -0.15) is 4.68 Å². The second kappa shape index (κ2) is 10.1. The van der Waals surface area contributed by atoms with Crippen molar-refractivity contribution in [1.82, 2.24) is 25.5 Å². The van der Waals surface area contributed by atoms with Crippen molar-refractivity contribution < 1.29 is 14.3 Å². The highest BCUT2D eigenvalue weighted by molar-refractivity contribution is 7.99. The molecule has 0 saturated carbocycles. The lowest BCUT2D eigenvalue weighted by atomic mass is 10.1. The highest BCUT2D eigenvalue weighted by atomic mass is 35.5. The van der Waals surface area contributed by atoms with E-state index in [9.17, 15) is 4.79 Å². The Kier molecular flexibility index (Phi) is 7.31. The van der Waals surface area contributed by atoms with Gasteiger partial charge in [0, 0.05) is 11.6 Å². The minimum Gasteiger partial charge on any atom is -0.493 e. The minimum atomic E-state index is -0.0962. The quantitative estimate of drug-likeness (QED) is 0.519. The summed E-state index contributed by atoms with van der Waals surface area (Å²) in [5.74, 6) is 1.46. The van der Waals surface area contributed by atoms with Gasteiger partial charge in [0.05, 0.1) is 25.7 Å². The van der Waals surface area contributed by atoms with Crippen molar-refractivity contribution in [3.05, 3.63) is 53.1 Å². The first-order valence-corrected chi connectivity index (χ1v) is 10.1. The molecule has 1 N–H and O–H groups in total. The van der Waals surface area contributed by atoms with Gasteiger partial charge in [-0.05, 0) is 58.8 Å². The number of ether oxygens (including phenoxy) is 2. The van der Waals surface area contributed by atoms with Crippen LogP contribution in [-0.4, -0.2) is 52.6 Å². The molecule has 0 aliphatic heterocycles. The number of carbonyl (C=O) groups is 1. The summed E-state index contributed by atoms with van der Waals surface area (Å²) in [5, 5.41) is 15.7. The molecule has 1 amide bonds. The van der Waals surface area contributed by atoms with Gasteiger partial charge in [-0.3, -0.25) is 4.79 Å². The molecule has 0 radical (unpaired) electrons. The maximum atomic E-state index is 12.2. The summed E-state index contributed by atoms with van der Waals surface area (Å²) in [6, 6.07) is 12.8. The summed E-state index contributed by atoms with van der Waals surface area (Å²) in [5.41, 5.74) is 1.82. The molecular weight excluding hydrogens is 414 g/mol. The zero-order valence-corrected chi connectivity index (χ0v) is 17.5. The van der Waals surface area contributed by atoms with E-state index in [-0.39, 0.29) is 11.7 Å². The number of amides is 1. The van der Waals surface area contributed by atoms with Gasteiger partial charge < -0.3 is 14.8 Å². The molecule has 3 rings (SSSR count). The monoisotopic (exact) mass is 433 g/mol. The van der Waals surface area contributed by atoms with E-state index in [0.717, 1.165) is 11.3 Å². The average Bonchev–Trinajstić information content (AvgIpc) is 3.21. The Morgan fingerprint density at radius 2 is 1.90 bits per heavy atom. The van der Waals surface area contributed by atoms with E-state index in [4.69, 9.17) is 21.1 Å². The minimum absolute atomic E-state index is 0.0962. The number of aromatic nitrogens is 4. The van der Waals surface area contributed by atoms with E-state index in [1.165, 1.54) is 11.8 Å². The first kappa shape index (κ1) is 20.9. The van der Waals surface area contributed by atoms with Crippen molar-refractivity contribution in [1.29, 1.82) is 0 Å². The second-order valence-electron chi connectivity index (χ2n) is 5.93. The molecule has 8 nitrogen and oxygen atoms in total. The molecule has 152 valence electrons. The highest BCUT2D eigenvalue weighted by Crippen LogP contribution is 2.27. The lowest BCUT2D eigenvalue weighted by Gasteiger charge is -2.10. The van der Waals surface area contributed by atoms with Crippen LogP contribution in [0.25, 0.3) is 5.69 Å². The van der Waals surface area contributed by atoms with E-state index >= 15 is 0 Å². The number of methoxy groups -OCH3 is 2. The fourth-order valence-corrected chi connectivity index (χ4v) is 3.42. The molecule has 2 aromatic carbocycles. The van der Waals surface area contributed by atoms with Crippen molar-refractivity contribution in [2.24, 2.45) is 0 Å². The molecule has 29 heavy (non-hydrogen) atoms. The molecule has 0 unspecified atom stereocenters. The summed E-state index contributed by atoms with van der Waals surface area (Å²) in [4.78, 5) is 12.2. The van der Waals surface area contributed by atoms with E-state index in [1.54, 1.807) is 31.0 Å². The Hall–Kier alpha value is -2.78. The van der Waals surface area contributed by atoms with Crippen molar-refractivity contribution in [2.75, 3.05) is 26.5 Å². The molecule has 10 heteroatoms. The van der Waals surface area contributed by atoms with Gasteiger partial charge >= 0.3 is 0 Å². The number of hydrogen-bond donors (Lipinski definition) is 1. The molecule has 0 spiro atoms. The van der Waals surface area contributed by atoms with Crippen LogP contribution in [0.5, 0.6) is 11.5 Å². The number of halogens is 1. The third-order valence-electron chi connectivity index (χ3n) is 4.03. The first-order valence-electron chi connectivity index (χ1n) is 8.75. The van der Waals surface area contributed by atoms with Crippen LogP contribution in [0, 0.1) is 0 Å². The third kappa shape index (κ3) is 5.61. The third-order valence-corrected chi connectivity index (χ3v) is 5.20. The number of hydrogen-bond acceptors (Lipinski definition) is 7. The van der Waals surface area contributed by atoms with Crippen LogP contribution < -0.4 is 14.8 Å². The summed E-state index contributed by atoms with van der Waals surface area (Å²) in [7, 11) is 3.19. The number of tetrazole rings is 1. The predicted molar refractivity (Wildman–Crippen MR) is 111 cm³/mol. The molecule has 0 aliphatic rings.